The normalized spacial score (nSPS) is 11.2. The summed E-state index contributed by atoms with van der Waals surface area (Å²) in [5.41, 5.74) is 0.687. The molecule has 0 saturated carbocycles. The van der Waals surface area contributed by atoms with Crippen molar-refractivity contribution in [3.63, 3.8) is 0 Å². The lowest BCUT2D eigenvalue weighted by Gasteiger charge is -2.04. The van der Waals surface area contributed by atoms with Crippen molar-refractivity contribution >= 4 is 23.1 Å². The van der Waals surface area contributed by atoms with Gasteiger partial charge in [0.1, 0.15) is 5.82 Å². The number of aromatic nitrogens is 5. The fourth-order valence-electron chi connectivity index (χ4n) is 2.42. The number of rotatable bonds is 6. The Morgan fingerprint density at radius 1 is 1.19 bits per heavy atom. The average Bonchev–Trinajstić information content (AvgIpc) is 3.40. The molecule has 0 amide bonds. The van der Waals surface area contributed by atoms with Gasteiger partial charge in [-0.25, -0.2) is 4.39 Å². The highest BCUT2D eigenvalue weighted by Crippen LogP contribution is 2.28. The summed E-state index contributed by atoms with van der Waals surface area (Å²) >= 11 is 3.14. The monoisotopic (exact) mass is 387 g/mol. The zero-order valence-corrected chi connectivity index (χ0v) is 15.4. The maximum atomic E-state index is 13.0. The summed E-state index contributed by atoms with van der Waals surface area (Å²) in [6.45, 7) is 2.83. The average molecular weight is 387 g/mol. The first-order valence-electron chi connectivity index (χ1n) is 7.93. The zero-order valence-electron chi connectivity index (χ0n) is 13.8. The first kappa shape index (κ1) is 16.9. The fourth-order valence-corrected chi connectivity index (χ4v) is 3.98. The summed E-state index contributed by atoms with van der Waals surface area (Å²) < 4.78 is 20.3. The van der Waals surface area contributed by atoms with E-state index in [0.717, 1.165) is 22.4 Å². The molecule has 0 spiro atoms. The molecule has 9 heteroatoms. The molecule has 4 rings (SSSR count). The Balaban J connectivity index is 1.49. The lowest BCUT2D eigenvalue weighted by molar-refractivity contribution is 0.425. The number of thiophene rings is 1. The third kappa shape index (κ3) is 3.40. The van der Waals surface area contributed by atoms with Crippen LogP contribution in [0.1, 0.15) is 12.7 Å². The molecule has 1 aromatic carbocycles. The van der Waals surface area contributed by atoms with Crippen LogP contribution in [0.15, 0.2) is 51.5 Å². The van der Waals surface area contributed by atoms with Crippen LogP contribution in [0.5, 0.6) is 0 Å². The van der Waals surface area contributed by atoms with Gasteiger partial charge in [-0.1, -0.05) is 23.0 Å². The molecule has 4 aromatic rings. The molecule has 0 radical (unpaired) electrons. The Kier molecular flexibility index (Phi) is 4.81. The van der Waals surface area contributed by atoms with Gasteiger partial charge in [0.05, 0.1) is 10.6 Å². The van der Waals surface area contributed by atoms with Crippen molar-refractivity contribution in [2.45, 2.75) is 24.4 Å². The molecule has 0 unspecified atom stereocenters. The Morgan fingerprint density at radius 3 is 2.77 bits per heavy atom. The van der Waals surface area contributed by atoms with Crippen LogP contribution in [0.2, 0.25) is 0 Å². The second-order valence-corrected chi connectivity index (χ2v) is 7.23. The zero-order chi connectivity index (χ0) is 17.9. The van der Waals surface area contributed by atoms with Gasteiger partial charge in [-0.05, 0) is 42.6 Å². The molecule has 0 N–H and O–H groups in total. The van der Waals surface area contributed by atoms with E-state index in [9.17, 15) is 4.39 Å². The van der Waals surface area contributed by atoms with E-state index in [1.807, 2.05) is 17.5 Å². The number of hydrogen-bond acceptors (Lipinski definition) is 7. The smallest absolute Gasteiger partial charge is 0.257 e. The van der Waals surface area contributed by atoms with Crippen molar-refractivity contribution in [1.82, 2.24) is 24.9 Å². The van der Waals surface area contributed by atoms with E-state index in [2.05, 4.69) is 31.8 Å². The van der Waals surface area contributed by atoms with Crippen LogP contribution in [-0.2, 0) is 12.3 Å². The van der Waals surface area contributed by atoms with Crippen molar-refractivity contribution < 1.29 is 8.91 Å². The van der Waals surface area contributed by atoms with Crippen LogP contribution in [0.3, 0.4) is 0 Å². The standard InChI is InChI=1S/C17H14FN5OS2/c1-2-23-15(13-4-3-9-25-13)20-21-17(23)26-10-14-19-16(24-22-14)11-5-7-12(18)8-6-11/h3-9H,2,10H2,1H3. The summed E-state index contributed by atoms with van der Waals surface area (Å²) in [5, 5.41) is 15.4. The van der Waals surface area contributed by atoms with Crippen molar-refractivity contribution in [3.05, 3.63) is 53.4 Å². The molecule has 0 aliphatic heterocycles. The summed E-state index contributed by atoms with van der Waals surface area (Å²) in [7, 11) is 0. The van der Waals surface area contributed by atoms with Crippen LogP contribution in [0.4, 0.5) is 4.39 Å². The summed E-state index contributed by atoms with van der Waals surface area (Å²) in [6, 6.07) is 9.98. The predicted octanol–water partition coefficient (Wildman–Crippen LogP) is 4.51. The van der Waals surface area contributed by atoms with Crippen LogP contribution >= 0.6 is 23.1 Å². The molecule has 3 aromatic heterocycles. The van der Waals surface area contributed by atoms with E-state index < -0.39 is 0 Å². The van der Waals surface area contributed by atoms with E-state index in [4.69, 9.17) is 4.52 Å². The van der Waals surface area contributed by atoms with Gasteiger partial charge >= 0.3 is 0 Å². The summed E-state index contributed by atoms with van der Waals surface area (Å²) in [5.74, 6) is 2.00. The number of thioether (sulfide) groups is 1. The van der Waals surface area contributed by atoms with Crippen LogP contribution in [0, 0.1) is 5.82 Å². The van der Waals surface area contributed by atoms with Crippen molar-refractivity contribution in [2.75, 3.05) is 0 Å². The Bertz CT molecular complexity index is 995. The minimum absolute atomic E-state index is 0.301. The molecular formula is C17H14FN5OS2. The van der Waals surface area contributed by atoms with E-state index in [1.54, 1.807) is 23.5 Å². The van der Waals surface area contributed by atoms with Gasteiger partial charge in [0.15, 0.2) is 16.8 Å². The lowest BCUT2D eigenvalue weighted by Crippen LogP contribution is -1.99. The number of hydrogen-bond donors (Lipinski definition) is 0. The van der Waals surface area contributed by atoms with Gasteiger partial charge in [0.25, 0.3) is 5.89 Å². The highest BCUT2D eigenvalue weighted by atomic mass is 32.2. The minimum atomic E-state index is -0.301. The van der Waals surface area contributed by atoms with E-state index >= 15 is 0 Å². The van der Waals surface area contributed by atoms with Gasteiger partial charge in [-0.15, -0.1) is 21.5 Å². The maximum Gasteiger partial charge on any atom is 0.257 e. The van der Waals surface area contributed by atoms with Crippen LogP contribution in [-0.4, -0.2) is 24.9 Å². The molecule has 3 heterocycles. The van der Waals surface area contributed by atoms with Gasteiger partial charge < -0.3 is 9.09 Å². The number of halogens is 1. The molecule has 0 aliphatic rings. The molecule has 26 heavy (non-hydrogen) atoms. The first-order chi connectivity index (χ1) is 12.7. The second-order valence-electron chi connectivity index (χ2n) is 5.34. The minimum Gasteiger partial charge on any atom is -0.334 e. The maximum absolute atomic E-state index is 13.0. The van der Waals surface area contributed by atoms with E-state index in [1.165, 1.54) is 23.9 Å². The van der Waals surface area contributed by atoms with Crippen molar-refractivity contribution in [2.24, 2.45) is 0 Å². The SMILES string of the molecule is CCn1c(SCc2noc(-c3ccc(F)cc3)n2)nnc1-c1cccs1. The molecular weight excluding hydrogens is 373 g/mol. The second kappa shape index (κ2) is 7.38. The van der Waals surface area contributed by atoms with Gasteiger partial charge in [0, 0.05) is 12.1 Å². The Hall–Kier alpha value is -2.52. The van der Waals surface area contributed by atoms with Gasteiger partial charge in [-0.3, -0.25) is 0 Å². The molecule has 0 atom stereocenters. The molecule has 0 saturated heterocycles. The summed E-state index contributed by atoms with van der Waals surface area (Å²) in [6.07, 6.45) is 0. The largest absolute Gasteiger partial charge is 0.334 e. The fraction of sp³-hybridized carbons (Fsp3) is 0.176. The number of nitrogens with zero attached hydrogens (tertiary/aromatic N) is 5. The van der Waals surface area contributed by atoms with E-state index in [0.29, 0.717) is 23.0 Å². The third-order valence-corrected chi connectivity index (χ3v) is 5.49. The van der Waals surface area contributed by atoms with Crippen LogP contribution < -0.4 is 0 Å². The summed E-state index contributed by atoms with van der Waals surface area (Å²) in [4.78, 5) is 5.45. The predicted molar refractivity (Wildman–Crippen MR) is 98.3 cm³/mol. The van der Waals surface area contributed by atoms with Crippen LogP contribution in [0.25, 0.3) is 22.2 Å². The Morgan fingerprint density at radius 2 is 2.04 bits per heavy atom. The lowest BCUT2D eigenvalue weighted by atomic mass is 10.2. The third-order valence-electron chi connectivity index (χ3n) is 3.66. The van der Waals surface area contributed by atoms with Crippen molar-refractivity contribution in [3.8, 4) is 22.2 Å². The highest BCUT2D eigenvalue weighted by Gasteiger charge is 2.15. The Labute approximate surface area is 157 Å². The topological polar surface area (TPSA) is 69.6 Å². The van der Waals surface area contributed by atoms with E-state index in [-0.39, 0.29) is 5.82 Å². The van der Waals surface area contributed by atoms with Crippen molar-refractivity contribution in [1.29, 1.82) is 0 Å². The molecule has 0 bridgehead atoms. The number of benzene rings is 1. The molecule has 0 aliphatic carbocycles. The molecule has 132 valence electrons. The highest BCUT2D eigenvalue weighted by molar-refractivity contribution is 7.98. The van der Waals surface area contributed by atoms with Gasteiger partial charge in [-0.2, -0.15) is 4.98 Å². The van der Waals surface area contributed by atoms with Gasteiger partial charge in [0.2, 0.25) is 0 Å². The first-order valence-corrected chi connectivity index (χ1v) is 9.79. The molecule has 6 nitrogen and oxygen atoms in total. The molecule has 0 fully saturated rings. The quantitative estimate of drug-likeness (QED) is 0.454.